The van der Waals surface area contributed by atoms with E-state index in [4.69, 9.17) is 5.73 Å². The van der Waals surface area contributed by atoms with Gasteiger partial charge in [-0.3, -0.25) is 14.4 Å². The second kappa shape index (κ2) is 10.7. The van der Waals surface area contributed by atoms with Crippen LogP contribution in [0.4, 0.5) is 0 Å². The van der Waals surface area contributed by atoms with Crippen LogP contribution in [0.25, 0.3) is 0 Å². The second-order valence-electron chi connectivity index (χ2n) is 7.04. The predicted octanol–water partition coefficient (Wildman–Crippen LogP) is -0.506. The maximum atomic E-state index is 12.3. The largest absolute Gasteiger partial charge is 0.480 e. The summed E-state index contributed by atoms with van der Waals surface area (Å²) in [6.45, 7) is 4.27. The summed E-state index contributed by atoms with van der Waals surface area (Å²) in [7, 11) is 0. The maximum absolute atomic E-state index is 12.3. The van der Waals surface area contributed by atoms with Crippen molar-refractivity contribution in [2.24, 2.45) is 11.7 Å². The molecule has 3 atom stereocenters. The lowest BCUT2D eigenvalue weighted by atomic mass is 9.98. The second-order valence-corrected chi connectivity index (χ2v) is 7.04. The van der Waals surface area contributed by atoms with E-state index in [9.17, 15) is 24.3 Å². The average molecular weight is 370 g/mol. The van der Waals surface area contributed by atoms with Crippen LogP contribution in [-0.4, -0.2) is 53.5 Å². The van der Waals surface area contributed by atoms with E-state index < -0.39 is 35.9 Å². The minimum atomic E-state index is -1.30. The normalized spacial score (nSPS) is 25.5. The number of hydrogen-bond donors (Lipinski definition) is 5. The third-order valence-electron chi connectivity index (χ3n) is 4.38. The van der Waals surface area contributed by atoms with Crippen molar-refractivity contribution in [1.82, 2.24) is 16.0 Å². The van der Waals surface area contributed by atoms with E-state index in [1.54, 1.807) is 0 Å². The van der Waals surface area contributed by atoms with E-state index in [1.165, 1.54) is 0 Å². The Hall–Kier alpha value is -2.16. The molecule has 0 aliphatic carbocycles. The van der Waals surface area contributed by atoms with Gasteiger partial charge in [0.05, 0.1) is 6.42 Å². The van der Waals surface area contributed by atoms with E-state index in [-0.39, 0.29) is 31.1 Å². The van der Waals surface area contributed by atoms with Crippen molar-refractivity contribution in [1.29, 1.82) is 0 Å². The van der Waals surface area contributed by atoms with Crippen LogP contribution in [0, 0.1) is 5.92 Å². The molecule has 3 unspecified atom stereocenters. The van der Waals surface area contributed by atoms with Crippen LogP contribution in [0.3, 0.4) is 0 Å². The Morgan fingerprint density at radius 3 is 2.23 bits per heavy atom. The molecule has 1 rings (SSSR count). The third-order valence-corrected chi connectivity index (χ3v) is 4.38. The fraction of sp³-hybridized carbons (Fsp3) is 0.765. The Morgan fingerprint density at radius 1 is 1.04 bits per heavy atom. The van der Waals surface area contributed by atoms with Crippen LogP contribution in [0.2, 0.25) is 0 Å². The van der Waals surface area contributed by atoms with Gasteiger partial charge >= 0.3 is 5.97 Å². The molecule has 1 aliphatic heterocycles. The van der Waals surface area contributed by atoms with Gasteiger partial charge in [-0.15, -0.1) is 0 Å². The number of nitrogens with one attached hydrogen (secondary N) is 3. The van der Waals surface area contributed by atoms with E-state index in [0.717, 1.165) is 12.8 Å². The molecule has 0 radical (unpaired) electrons. The first kappa shape index (κ1) is 21.9. The van der Waals surface area contributed by atoms with Gasteiger partial charge in [-0.25, -0.2) is 4.79 Å². The zero-order valence-electron chi connectivity index (χ0n) is 15.4. The Labute approximate surface area is 153 Å². The lowest BCUT2D eigenvalue weighted by molar-refractivity contribution is -0.144. The third kappa shape index (κ3) is 7.81. The van der Waals surface area contributed by atoms with E-state index in [0.29, 0.717) is 13.0 Å². The lowest BCUT2D eigenvalue weighted by Gasteiger charge is -2.26. The van der Waals surface area contributed by atoms with Crippen LogP contribution in [0.5, 0.6) is 0 Å². The van der Waals surface area contributed by atoms with Crippen LogP contribution < -0.4 is 21.7 Å². The molecule has 0 spiro atoms. The highest BCUT2D eigenvalue weighted by molar-refractivity contribution is 5.89. The molecule has 26 heavy (non-hydrogen) atoms. The molecular weight excluding hydrogens is 340 g/mol. The molecule has 9 heteroatoms. The van der Waals surface area contributed by atoms with Gasteiger partial charge in [-0.05, 0) is 25.3 Å². The van der Waals surface area contributed by atoms with E-state index in [1.807, 2.05) is 13.8 Å². The first-order chi connectivity index (χ1) is 12.2. The summed E-state index contributed by atoms with van der Waals surface area (Å²) in [6, 6.07) is -2.10. The van der Waals surface area contributed by atoms with Gasteiger partial charge in [0.1, 0.15) is 6.04 Å². The van der Waals surface area contributed by atoms with Gasteiger partial charge in [-0.2, -0.15) is 0 Å². The average Bonchev–Trinajstić information content (AvgIpc) is 2.52. The van der Waals surface area contributed by atoms with Crippen molar-refractivity contribution in [3.63, 3.8) is 0 Å². The molecule has 9 nitrogen and oxygen atoms in total. The van der Waals surface area contributed by atoms with Crippen molar-refractivity contribution in [2.45, 2.75) is 70.5 Å². The van der Waals surface area contributed by atoms with Crippen molar-refractivity contribution < 1.29 is 24.3 Å². The Morgan fingerprint density at radius 2 is 1.65 bits per heavy atom. The molecule has 148 valence electrons. The van der Waals surface area contributed by atoms with E-state index >= 15 is 0 Å². The number of aliphatic carboxylic acids is 1. The highest BCUT2D eigenvalue weighted by atomic mass is 16.4. The summed E-state index contributed by atoms with van der Waals surface area (Å²) >= 11 is 0. The highest BCUT2D eigenvalue weighted by Gasteiger charge is 2.29. The smallest absolute Gasteiger partial charge is 0.326 e. The van der Waals surface area contributed by atoms with Crippen LogP contribution in [0.15, 0.2) is 0 Å². The topological polar surface area (TPSA) is 151 Å². The van der Waals surface area contributed by atoms with E-state index in [2.05, 4.69) is 16.0 Å². The summed E-state index contributed by atoms with van der Waals surface area (Å²) < 4.78 is 0. The summed E-state index contributed by atoms with van der Waals surface area (Å²) in [4.78, 5) is 47.9. The summed E-state index contributed by atoms with van der Waals surface area (Å²) in [5.74, 6) is -2.53. The van der Waals surface area contributed by atoms with Crippen LogP contribution >= 0.6 is 0 Å². The number of amides is 3. The number of carboxylic acids is 1. The predicted molar refractivity (Wildman–Crippen MR) is 95.0 cm³/mol. The van der Waals surface area contributed by atoms with Crippen molar-refractivity contribution >= 4 is 23.7 Å². The zero-order chi connectivity index (χ0) is 19.7. The fourth-order valence-electron chi connectivity index (χ4n) is 2.83. The molecule has 1 fully saturated rings. The Balaban J connectivity index is 2.94. The van der Waals surface area contributed by atoms with Crippen molar-refractivity contribution in [3.8, 4) is 0 Å². The minimum Gasteiger partial charge on any atom is -0.480 e. The van der Waals surface area contributed by atoms with Gasteiger partial charge in [0, 0.05) is 24.9 Å². The summed E-state index contributed by atoms with van der Waals surface area (Å²) in [6.07, 6.45) is 1.78. The Bertz CT molecular complexity index is 523. The minimum absolute atomic E-state index is 0.00111. The van der Waals surface area contributed by atoms with Gasteiger partial charge in [0.2, 0.25) is 17.7 Å². The van der Waals surface area contributed by atoms with Gasteiger partial charge in [0.15, 0.2) is 0 Å². The molecule has 3 amide bonds. The highest BCUT2D eigenvalue weighted by Crippen LogP contribution is 2.11. The first-order valence-electron chi connectivity index (χ1n) is 9.03. The molecule has 1 saturated heterocycles. The number of carbonyl (C=O) groups is 4. The molecule has 0 bridgehead atoms. The molecule has 0 aromatic heterocycles. The number of nitrogens with two attached hydrogens (primary N) is 1. The lowest BCUT2D eigenvalue weighted by Crippen LogP contribution is -2.51. The van der Waals surface area contributed by atoms with Crippen molar-refractivity contribution in [2.75, 3.05) is 6.54 Å². The van der Waals surface area contributed by atoms with Crippen LogP contribution in [-0.2, 0) is 19.2 Å². The van der Waals surface area contributed by atoms with Gasteiger partial charge in [-0.1, -0.05) is 20.3 Å². The number of carboxylic acid groups (broad SMARTS) is 1. The molecule has 1 aliphatic rings. The van der Waals surface area contributed by atoms with Gasteiger partial charge in [0.25, 0.3) is 0 Å². The standard InChI is InChI=1S/C17H30N4O5/c1-10(2)12-8-16(24)21-13(17(25)26)9-15(23)19-11(5-3-4-6-18)7-14(22)20-12/h10-13H,3-9,18H2,1-2H3,(H,19,23)(H,20,22)(H,21,24)(H,25,26). The summed E-state index contributed by atoms with van der Waals surface area (Å²) in [5, 5.41) is 17.2. The maximum Gasteiger partial charge on any atom is 0.326 e. The van der Waals surface area contributed by atoms with Crippen molar-refractivity contribution in [3.05, 3.63) is 0 Å². The Kier molecular flexibility index (Phi) is 9.04. The zero-order valence-corrected chi connectivity index (χ0v) is 15.4. The number of carbonyl (C=O) groups excluding carboxylic acids is 3. The molecule has 0 aromatic rings. The fourth-order valence-corrected chi connectivity index (χ4v) is 2.83. The molecule has 0 aromatic carbocycles. The SMILES string of the molecule is CC(C)C1CC(=O)NC(C(=O)O)CC(=O)NC(CCCCN)CC(=O)N1. The molecule has 6 N–H and O–H groups in total. The molecular formula is C17H30N4O5. The number of rotatable bonds is 6. The number of unbranched alkanes of at least 4 members (excludes halogenated alkanes) is 1. The quantitative estimate of drug-likeness (QED) is 0.398. The summed E-state index contributed by atoms with van der Waals surface area (Å²) in [5.41, 5.74) is 5.48. The molecule has 1 heterocycles. The monoisotopic (exact) mass is 370 g/mol. The first-order valence-corrected chi connectivity index (χ1v) is 9.03. The number of hydrogen-bond acceptors (Lipinski definition) is 5. The van der Waals surface area contributed by atoms with Gasteiger partial charge < -0.3 is 26.8 Å². The van der Waals surface area contributed by atoms with Crippen LogP contribution in [0.1, 0.15) is 52.4 Å². The molecule has 0 saturated carbocycles.